The number of carbonyl (C=O) groups is 1. The van der Waals surface area contributed by atoms with Gasteiger partial charge in [0.15, 0.2) is 5.78 Å². The summed E-state index contributed by atoms with van der Waals surface area (Å²) in [5, 5.41) is 2.87. The maximum Gasteiger partial charge on any atom is 0.196 e. The first-order valence-electron chi connectivity index (χ1n) is 6.15. The molecule has 0 aliphatic heterocycles. The Labute approximate surface area is 129 Å². The van der Waals surface area contributed by atoms with Crippen molar-refractivity contribution >= 4 is 48.8 Å². The van der Waals surface area contributed by atoms with Gasteiger partial charge in [-0.15, -0.1) is 11.3 Å². The van der Waals surface area contributed by atoms with Crippen LogP contribution in [0.25, 0.3) is 10.1 Å². The van der Waals surface area contributed by atoms with Gasteiger partial charge in [0.25, 0.3) is 0 Å². The third-order valence-corrected chi connectivity index (χ3v) is 5.32. The normalized spacial score (nSPS) is 10.9. The third-order valence-electron chi connectivity index (χ3n) is 3.37. The molecule has 100 valence electrons. The average Bonchev–Trinajstić information content (AvgIpc) is 2.86. The first kappa shape index (κ1) is 13.3. The molecule has 3 rings (SSSR count). The Morgan fingerprint density at radius 2 is 1.90 bits per heavy atom. The Kier molecular flexibility index (Phi) is 3.36. The first-order chi connectivity index (χ1) is 9.59. The quantitative estimate of drug-likeness (QED) is 0.536. The highest BCUT2D eigenvalue weighted by Crippen LogP contribution is 2.34. The molecule has 0 bridgehead atoms. The summed E-state index contributed by atoms with van der Waals surface area (Å²) >= 11 is 5.08. The van der Waals surface area contributed by atoms with Gasteiger partial charge >= 0.3 is 0 Å². The molecule has 3 aromatic rings. The van der Waals surface area contributed by atoms with Crippen molar-refractivity contribution in [3.05, 3.63) is 62.9 Å². The Hall–Kier alpha value is -1.65. The lowest BCUT2D eigenvalue weighted by atomic mass is 9.99. The van der Waals surface area contributed by atoms with Crippen molar-refractivity contribution in [2.24, 2.45) is 0 Å². The number of aryl methyl sites for hydroxylation is 1. The highest BCUT2D eigenvalue weighted by atomic mass is 79.9. The van der Waals surface area contributed by atoms with Gasteiger partial charge < -0.3 is 5.73 Å². The molecule has 0 saturated carbocycles. The number of nitrogen functional groups attached to an aromatic ring is 1. The summed E-state index contributed by atoms with van der Waals surface area (Å²) in [6, 6.07) is 11.4. The zero-order valence-electron chi connectivity index (χ0n) is 10.8. The van der Waals surface area contributed by atoms with E-state index in [2.05, 4.69) is 15.9 Å². The molecular formula is C16H12BrNOS. The van der Waals surface area contributed by atoms with Gasteiger partial charge in [-0.25, -0.2) is 0 Å². The van der Waals surface area contributed by atoms with Crippen LogP contribution in [0.4, 0.5) is 5.69 Å². The summed E-state index contributed by atoms with van der Waals surface area (Å²) in [7, 11) is 0. The minimum atomic E-state index is -0.0180. The van der Waals surface area contributed by atoms with Crippen molar-refractivity contribution in [3.8, 4) is 0 Å². The molecule has 0 unspecified atom stereocenters. The molecule has 0 radical (unpaired) electrons. The van der Waals surface area contributed by atoms with Crippen molar-refractivity contribution in [2.75, 3.05) is 5.73 Å². The van der Waals surface area contributed by atoms with E-state index in [0.717, 1.165) is 20.1 Å². The zero-order chi connectivity index (χ0) is 14.3. The topological polar surface area (TPSA) is 43.1 Å². The summed E-state index contributed by atoms with van der Waals surface area (Å²) in [6.45, 7) is 1.91. The largest absolute Gasteiger partial charge is 0.398 e. The van der Waals surface area contributed by atoms with Crippen LogP contribution in [-0.4, -0.2) is 5.78 Å². The van der Waals surface area contributed by atoms with Crippen molar-refractivity contribution in [1.29, 1.82) is 0 Å². The van der Waals surface area contributed by atoms with Crippen molar-refractivity contribution in [3.63, 3.8) is 0 Å². The second-order valence-electron chi connectivity index (χ2n) is 4.63. The summed E-state index contributed by atoms with van der Waals surface area (Å²) in [5.41, 5.74) is 8.81. The molecule has 2 aromatic carbocycles. The van der Waals surface area contributed by atoms with Crippen LogP contribution >= 0.6 is 27.3 Å². The van der Waals surface area contributed by atoms with E-state index < -0.39 is 0 Å². The molecule has 0 atom stereocenters. The van der Waals surface area contributed by atoms with Gasteiger partial charge in [0.2, 0.25) is 0 Å². The number of carbonyl (C=O) groups excluding carboxylic acids is 1. The van der Waals surface area contributed by atoms with Gasteiger partial charge in [-0.3, -0.25) is 4.79 Å². The van der Waals surface area contributed by atoms with E-state index in [9.17, 15) is 4.79 Å². The van der Waals surface area contributed by atoms with Crippen LogP contribution in [0.2, 0.25) is 0 Å². The summed E-state index contributed by atoms with van der Waals surface area (Å²) in [4.78, 5) is 12.7. The SMILES string of the molecule is Cc1cccc(C(=O)c2csc3c(Br)cccc23)c1N. The molecule has 2 N–H and O–H groups in total. The molecule has 0 aliphatic rings. The van der Waals surface area contributed by atoms with Gasteiger partial charge in [-0.2, -0.15) is 0 Å². The number of benzene rings is 2. The van der Waals surface area contributed by atoms with Gasteiger partial charge in [0, 0.05) is 36.8 Å². The van der Waals surface area contributed by atoms with Crippen molar-refractivity contribution in [1.82, 2.24) is 0 Å². The maximum absolute atomic E-state index is 12.7. The van der Waals surface area contributed by atoms with E-state index >= 15 is 0 Å². The van der Waals surface area contributed by atoms with E-state index in [1.54, 1.807) is 17.4 Å². The number of hydrogen-bond acceptors (Lipinski definition) is 3. The fourth-order valence-corrected chi connectivity index (χ4v) is 3.82. The number of rotatable bonds is 2. The molecule has 4 heteroatoms. The number of anilines is 1. The van der Waals surface area contributed by atoms with Gasteiger partial charge in [0.05, 0.1) is 0 Å². The molecule has 0 aliphatic carbocycles. The summed E-state index contributed by atoms with van der Waals surface area (Å²) < 4.78 is 2.10. The Balaban J connectivity index is 2.18. The standard InChI is InChI=1S/C16H12BrNOS/c1-9-4-2-6-11(14(9)18)15(19)12-8-20-16-10(12)5-3-7-13(16)17/h2-8H,18H2,1H3. The molecular weight excluding hydrogens is 334 g/mol. The minimum Gasteiger partial charge on any atom is -0.398 e. The van der Waals surface area contributed by atoms with Crippen LogP contribution < -0.4 is 5.73 Å². The van der Waals surface area contributed by atoms with E-state index in [1.165, 1.54) is 0 Å². The minimum absolute atomic E-state index is 0.0180. The molecule has 0 spiro atoms. The predicted octanol–water partition coefficient (Wildman–Crippen LogP) is 4.79. The second-order valence-corrected chi connectivity index (χ2v) is 6.37. The second kappa shape index (κ2) is 5.04. The number of nitrogens with two attached hydrogens (primary N) is 1. The average molecular weight is 346 g/mol. The predicted molar refractivity (Wildman–Crippen MR) is 88.5 cm³/mol. The monoisotopic (exact) mass is 345 g/mol. The van der Waals surface area contributed by atoms with Gasteiger partial charge in [0.1, 0.15) is 0 Å². The number of thiophene rings is 1. The van der Waals surface area contributed by atoms with Crippen molar-refractivity contribution in [2.45, 2.75) is 6.92 Å². The van der Waals surface area contributed by atoms with Gasteiger partial charge in [-0.05, 0) is 40.5 Å². The van der Waals surface area contributed by atoms with E-state index in [1.807, 2.05) is 42.6 Å². The molecule has 0 saturated heterocycles. The smallest absolute Gasteiger partial charge is 0.196 e. The number of hydrogen-bond donors (Lipinski definition) is 1. The molecule has 0 fully saturated rings. The number of halogens is 1. The lowest BCUT2D eigenvalue weighted by molar-refractivity contribution is 0.104. The fourth-order valence-electron chi connectivity index (χ4n) is 2.22. The molecule has 2 nitrogen and oxygen atoms in total. The van der Waals surface area contributed by atoms with Crippen LogP contribution in [0.15, 0.2) is 46.3 Å². The van der Waals surface area contributed by atoms with Crippen LogP contribution in [0, 0.1) is 6.92 Å². The fraction of sp³-hybridized carbons (Fsp3) is 0.0625. The lowest BCUT2D eigenvalue weighted by Crippen LogP contribution is -2.06. The maximum atomic E-state index is 12.7. The van der Waals surface area contributed by atoms with Crippen LogP contribution in [-0.2, 0) is 0 Å². The van der Waals surface area contributed by atoms with E-state index in [-0.39, 0.29) is 5.78 Å². The highest BCUT2D eigenvalue weighted by Gasteiger charge is 2.17. The van der Waals surface area contributed by atoms with E-state index in [4.69, 9.17) is 5.73 Å². The Bertz CT molecular complexity index is 822. The van der Waals surface area contributed by atoms with Crippen LogP contribution in [0.3, 0.4) is 0 Å². The zero-order valence-corrected chi connectivity index (χ0v) is 13.2. The van der Waals surface area contributed by atoms with Crippen LogP contribution in [0.5, 0.6) is 0 Å². The number of ketones is 1. The third kappa shape index (κ3) is 2.05. The van der Waals surface area contributed by atoms with Crippen molar-refractivity contribution < 1.29 is 4.79 Å². The van der Waals surface area contributed by atoms with Crippen LogP contribution in [0.1, 0.15) is 21.5 Å². The lowest BCUT2D eigenvalue weighted by Gasteiger charge is -2.06. The Morgan fingerprint density at radius 3 is 2.70 bits per heavy atom. The van der Waals surface area contributed by atoms with E-state index in [0.29, 0.717) is 16.8 Å². The number of para-hydroxylation sites is 1. The number of fused-ring (bicyclic) bond motifs is 1. The Morgan fingerprint density at radius 1 is 1.15 bits per heavy atom. The molecule has 1 aromatic heterocycles. The molecule has 0 amide bonds. The molecule has 1 heterocycles. The summed E-state index contributed by atoms with van der Waals surface area (Å²) in [5.74, 6) is -0.0180. The highest BCUT2D eigenvalue weighted by molar-refractivity contribution is 9.10. The molecule has 20 heavy (non-hydrogen) atoms. The van der Waals surface area contributed by atoms with Gasteiger partial charge in [-0.1, -0.05) is 24.3 Å². The summed E-state index contributed by atoms with van der Waals surface area (Å²) in [6.07, 6.45) is 0. The first-order valence-corrected chi connectivity index (χ1v) is 7.82.